The highest BCUT2D eigenvalue weighted by molar-refractivity contribution is 7.90. The molecule has 3 nitrogen and oxygen atoms in total. The van der Waals surface area contributed by atoms with Crippen molar-refractivity contribution < 1.29 is 17.6 Å². The minimum atomic E-state index is -3.68. The van der Waals surface area contributed by atoms with E-state index in [2.05, 4.69) is 0 Å². The minimum absolute atomic E-state index is 0.150. The van der Waals surface area contributed by atoms with Gasteiger partial charge in [0.05, 0.1) is 5.02 Å². The minimum Gasteiger partial charge on any atom is -0.303 e. The van der Waals surface area contributed by atoms with Gasteiger partial charge in [-0.25, -0.2) is 12.8 Å². The molecule has 88 valence electrons. The number of sulfone groups is 1. The van der Waals surface area contributed by atoms with Crippen molar-refractivity contribution >= 4 is 27.7 Å². The molecule has 0 aromatic heterocycles. The molecule has 0 N–H and O–H groups in total. The third kappa shape index (κ3) is 3.02. The number of carbonyl (C=O) groups is 1. The Hall–Kier alpha value is -0.940. The molecule has 0 atom stereocenters. The summed E-state index contributed by atoms with van der Waals surface area (Å²) in [7, 11) is -3.68. The Morgan fingerprint density at radius 1 is 1.44 bits per heavy atom. The predicted molar refractivity (Wildman–Crippen MR) is 58.9 cm³/mol. The number of benzene rings is 1. The zero-order valence-electron chi connectivity index (χ0n) is 8.54. The van der Waals surface area contributed by atoms with Crippen molar-refractivity contribution in [2.45, 2.75) is 17.7 Å². The summed E-state index contributed by atoms with van der Waals surface area (Å²) in [6, 6.07) is 2.45. The van der Waals surface area contributed by atoms with Gasteiger partial charge in [0.2, 0.25) is 0 Å². The molecule has 0 heterocycles. The summed E-state index contributed by atoms with van der Waals surface area (Å²) in [6.07, 6.45) is 2.18. The fraction of sp³-hybridized carbons (Fsp3) is 0.300. The quantitative estimate of drug-likeness (QED) is 0.782. The van der Waals surface area contributed by atoms with E-state index in [0.29, 0.717) is 18.3 Å². The van der Waals surface area contributed by atoms with E-state index >= 15 is 0 Å². The first kappa shape index (κ1) is 13.1. The normalized spacial score (nSPS) is 11.4. The highest BCUT2D eigenvalue weighted by atomic mass is 35.5. The first-order chi connectivity index (χ1) is 7.36. The Bertz CT molecular complexity index is 488. The van der Waals surface area contributed by atoms with E-state index < -0.39 is 20.5 Å². The van der Waals surface area contributed by atoms with Crippen LogP contribution in [0.15, 0.2) is 17.0 Å². The van der Waals surface area contributed by atoms with Crippen LogP contribution in [-0.4, -0.2) is 21.0 Å². The second kappa shape index (κ2) is 4.93. The summed E-state index contributed by atoms with van der Waals surface area (Å²) in [5.74, 6) is -0.879. The van der Waals surface area contributed by atoms with Gasteiger partial charge in [-0.3, -0.25) is 0 Å². The van der Waals surface area contributed by atoms with Crippen LogP contribution < -0.4 is 0 Å². The zero-order chi connectivity index (χ0) is 12.3. The lowest BCUT2D eigenvalue weighted by atomic mass is 10.1. The van der Waals surface area contributed by atoms with Crippen LogP contribution in [0, 0.1) is 5.82 Å². The van der Waals surface area contributed by atoms with Gasteiger partial charge in [-0.15, -0.1) is 0 Å². The molecule has 0 bridgehead atoms. The smallest absolute Gasteiger partial charge is 0.179 e. The van der Waals surface area contributed by atoms with Crippen molar-refractivity contribution in [1.29, 1.82) is 0 Å². The number of aldehydes is 1. The van der Waals surface area contributed by atoms with Crippen molar-refractivity contribution in [2.75, 3.05) is 6.26 Å². The molecular weight excluding hydrogens is 255 g/mol. The van der Waals surface area contributed by atoms with Gasteiger partial charge in [-0.05, 0) is 24.1 Å². The Morgan fingerprint density at radius 3 is 2.50 bits per heavy atom. The lowest BCUT2D eigenvalue weighted by Crippen LogP contribution is -2.03. The Kier molecular flexibility index (Phi) is 4.04. The van der Waals surface area contributed by atoms with Crippen LogP contribution in [0.1, 0.15) is 12.0 Å². The van der Waals surface area contributed by atoms with Gasteiger partial charge in [0.1, 0.15) is 17.0 Å². The largest absolute Gasteiger partial charge is 0.303 e. The number of halogens is 2. The topological polar surface area (TPSA) is 51.2 Å². The molecule has 0 saturated carbocycles. The van der Waals surface area contributed by atoms with E-state index in [1.807, 2.05) is 0 Å². The van der Waals surface area contributed by atoms with Gasteiger partial charge in [0.15, 0.2) is 9.84 Å². The molecule has 0 aliphatic rings. The van der Waals surface area contributed by atoms with E-state index in [0.717, 1.165) is 12.3 Å². The summed E-state index contributed by atoms with van der Waals surface area (Å²) in [6.45, 7) is 0. The maximum atomic E-state index is 13.5. The molecule has 0 spiro atoms. The molecule has 0 aliphatic heterocycles. The van der Waals surface area contributed by atoms with Crippen LogP contribution in [0.2, 0.25) is 5.02 Å². The van der Waals surface area contributed by atoms with E-state index in [-0.39, 0.29) is 11.4 Å². The molecule has 0 unspecified atom stereocenters. The van der Waals surface area contributed by atoms with E-state index in [1.165, 1.54) is 6.07 Å². The van der Waals surface area contributed by atoms with Crippen LogP contribution in [0.4, 0.5) is 4.39 Å². The fourth-order valence-corrected chi connectivity index (χ4v) is 2.81. The summed E-state index contributed by atoms with van der Waals surface area (Å²) in [4.78, 5) is 9.66. The highest BCUT2D eigenvalue weighted by Crippen LogP contribution is 2.26. The molecule has 6 heteroatoms. The monoisotopic (exact) mass is 264 g/mol. The Balaban J connectivity index is 3.23. The number of hydrogen-bond acceptors (Lipinski definition) is 3. The van der Waals surface area contributed by atoms with E-state index in [4.69, 9.17) is 11.6 Å². The average Bonchev–Trinajstić information content (AvgIpc) is 2.11. The molecule has 1 aromatic carbocycles. The van der Waals surface area contributed by atoms with Crippen molar-refractivity contribution in [3.8, 4) is 0 Å². The fourth-order valence-electron chi connectivity index (χ4n) is 1.34. The zero-order valence-corrected chi connectivity index (χ0v) is 10.1. The molecule has 0 aliphatic carbocycles. The van der Waals surface area contributed by atoms with E-state index in [1.54, 1.807) is 0 Å². The molecule has 0 saturated heterocycles. The summed E-state index contributed by atoms with van der Waals surface area (Å²) >= 11 is 5.69. The predicted octanol–water partition coefficient (Wildman–Crippen LogP) is 2.01. The van der Waals surface area contributed by atoms with Gasteiger partial charge in [-0.2, -0.15) is 0 Å². The average molecular weight is 265 g/mol. The second-order valence-corrected chi connectivity index (χ2v) is 5.73. The number of aryl methyl sites for hydroxylation is 1. The van der Waals surface area contributed by atoms with Crippen LogP contribution in [0.25, 0.3) is 0 Å². The molecule has 0 amide bonds. The second-order valence-electron chi connectivity index (χ2n) is 3.37. The van der Waals surface area contributed by atoms with Gasteiger partial charge in [-0.1, -0.05) is 11.6 Å². The van der Waals surface area contributed by atoms with Crippen molar-refractivity contribution in [2.24, 2.45) is 0 Å². The van der Waals surface area contributed by atoms with Crippen LogP contribution in [-0.2, 0) is 21.1 Å². The number of carbonyl (C=O) groups excluding carboxylic acids is 1. The molecule has 0 radical (unpaired) electrons. The maximum Gasteiger partial charge on any atom is 0.179 e. The first-order valence-electron chi connectivity index (χ1n) is 4.48. The van der Waals surface area contributed by atoms with Crippen LogP contribution in [0.5, 0.6) is 0 Å². The van der Waals surface area contributed by atoms with Crippen molar-refractivity contribution in [3.05, 3.63) is 28.5 Å². The van der Waals surface area contributed by atoms with Crippen LogP contribution in [0.3, 0.4) is 0 Å². The van der Waals surface area contributed by atoms with Gasteiger partial charge in [0, 0.05) is 12.7 Å². The number of hydrogen-bond donors (Lipinski definition) is 0. The van der Waals surface area contributed by atoms with Crippen LogP contribution >= 0.6 is 11.6 Å². The van der Waals surface area contributed by atoms with Gasteiger partial charge in [0.25, 0.3) is 0 Å². The summed E-state index contributed by atoms with van der Waals surface area (Å²) in [5, 5.41) is -0.150. The summed E-state index contributed by atoms with van der Waals surface area (Å²) in [5.41, 5.74) is 0.502. The third-order valence-electron chi connectivity index (χ3n) is 1.98. The van der Waals surface area contributed by atoms with Gasteiger partial charge >= 0.3 is 0 Å². The third-order valence-corrected chi connectivity index (χ3v) is 3.55. The Labute approximate surface area is 98.1 Å². The van der Waals surface area contributed by atoms with E-state index in [9.17, 15) is 17.6 Å². The standard InChI is InChI=1S/C10H10ClFO3S/c1-16(14,15)10-8(11)5-7(3-2-4-13)6-9(10)12/h4-6H,2-3H2,1H3. The molecule has 1 rings (SSSR count). The number of rotatable bonds is 4. The maximum absolute atomic E-state index is 13.5. The Morgan fingerprint density at radius 2 is 2.06 bits per heavy atom. The first-order valence-corrected chi connectivity index (χ1v) is 6.75. The lowest BCUT2D eigenvalue weighted by Gasteiger charge is -2.06. The molecule has 1 aromatic rings. The molecular formula is C10H10ClFO3S. The molecule has 0 fully saturated rings. The lowest BCUT2D eigenvalue weighted by molar-refractivity contribution is -0.107. The molecule has 16 heavy (non-hydrogen) atoms. The SMILES string of the molecule is CS(=O)(=O)c1c(F)cc(CCC=O)cc1Cl. The highest BCUT2D eigenvalue weighted by Gasteiger charge is 2.18. The van der Waals surface area contributed by atoms with Crippen molar-refractivity contribution in [1.82, 2.24) is 0 Å². The van der Waals surface area contributed by atoms with Gasteiger partial charge < -0.3 is 4.79 Å². The summed E-state index contributed by atoms with van der Waals surface area (Å²) < 4.78 is 35.9. The van der Waals surface area contributed by atoms with Crippen molar-refractivity contribution in [3.63, 3.8) is 0 Å².